The predicted molar refractivity (Wildman–Crippen MR) is 92.5 cm³/mol. The van der Waals surface area contributed by atoms with Gasteiger partial charge in [-0.15, -0.1) is 0 Å². The van der Waals surface area contributed by atoms with E-state index in [9.17, 15) is 24.8 Å². The summed E-state index contributed by atoms with van der Waals surface area (Å²) in [6.07, 6.45) is -0.541. The van der Waals surface area contributed by atoms with Crippen LogP contribution in [0.2, 0.25) is 0 Å². The van der Waals surface area contributed by atoms with E-state index in [1.54, 1.807) is 0 Å². The van der Waals surface area contributed by atoms with Crippen molar-refractivity contribution in [3.8, 4) is 11.5 Å². The van der Waals surface area contributed by atoms with Crippen LogP contribution in [-0.2, 0) is 4.79 Å². The Morgan fingerprint density at radius 1 is 1.11 bits per heavy atom. The van der Waals surface area contributed by atoms with Crippen LogP contribution in [0, 0.1) is 10.1 Å². The van der Waals surface area contributed by atoms with Crippen molar-refractivity contribution >= 4 is 17.6 Å². The second-order valence-electron chi connectivity index (χ2n) is 5.52. The number of nitrogens with zero attached hydrogens (tertiary/aromatic N) is 1. The third-order valence-electron chi connectivity index (χ3n) is 3.81. The molecule has 0 aromatic heterocycles. The van der Waals surface area contributed by atoms with E-state index in [4.69, 9.17) is 9.47 Å². The quantitative estimate of drug-likeness (QED) is 0.544. The van der Waals surface area contributed by atoms with Crippen LogP contribution >= 0.6 is 0 Å². The first-order valence-corrected chi connectivity index (χ1v) is 7.82. The Labute approximate surface area is 154 Å². The van der Waals surface area contributed by atoms with Gasteiger partial charge < -0.3 is 24.7 Å². The minimum Gasteiger partial charge on any atom is -0.550 e. The van der Waals surface area contributed by atoms with Gasteiger partial charge in [0.15, 0.2) is 11.5 Å². The first-order valence-electron chi connectivity index (χ1n) is 7.82. The van der Waals surface area contributed by atoms with Crippen LogP contribution in [0.4, 0.5) is 5.69 Å². The van der Waals surface area contributed by atoms with Crippen molar-refractivity contribution in [2.75, 3.05) is 14.2 Å². The number of non-ortho nitro benzene ring substituents is 1. The molecule has 0 fully saturated rings. The van der Waals surface area contributed by atoms with Gasteiger partial charge in [0.05, 0.1) is 25.2 Å². The van der Waals surface area contributed by atoms with Crippen molar-refractivity contribution in [2.24, 2.45) is 0 Å². The monoisotopic (exact) mass is 373 g/mol. The first-order chi connectivity index (χ1) is 12.8. The number of carbonyl (C=O) groups is 2. The zero-order chi connectivity index (χ0) is 20.0. The fraction of sp³-hybridized carbons (Fsp3) is 0.222. The minimum absolute atomic E-state index is 0.210. The van der Waals surface area contributed by atoms with E-state index in [1.165, 1.54) is 56.7 Å². The Morgan fingerprint density at radius 2 is 1.81 bits per heavy atom. The highest BCUT2D eigenvalue weighted by atomic mass is 16.6. The Morgan fingerprint density at radius 3 is 2.41 bits per heavy atom. The van der Waals surface area contributed by atoms with Gasteiger partial charge in [-0.2, -0.15) is 0 Å². The molecule has 0 saturated heterocycles. The molecule has 0 aliphatic heterocycles. The van der Waals surface area contributed by atoms with Gasteiger partial charge in [0.25, 0.3) is 11.6 Å². The summed E-state index contributed by atoms with van der Waals surface area (Å²) in [5, 5.41) is 24.6. The Kier molecular flexibility index (Phi) is 6.32. The molecule has 1 atom stereocenters. The molecule has 0 radical (unpaired) electrons. The van der Waals surface area contributed by atoms with Gasteiger partial charge in [-0.1, -0.05) is 12.1 Å². The summed E-state index contributed by atoms with van der Waals surface area (Å²) in [4.78, 5) is 33.9. The molecule has 0 bridgehead atoms. The Hall–Kier alpha value is -3.62. The van der Waals surface area contributed by atoms with Gasteiger partial charge in [0.2, 0.25) is 0 Å². The highest BCUT2D eigenvalue weighted by molar-refractivity contribution is 5.95. The number of carboxylic acids is 1. The van der Waals surface area contributed by atoms with Crippen LogP contribution in [0.1, 0.15) is 28.4 Å². The van der Waals surface area contributed by atoms with Crippen molar-refractivity contribution in [2.45, 2.75) is 12.5 Å². The van der Waals surface area contributed by atoms with Gasteiger partial charge in [0.1, 0.15) is 0 Å². The molecule has 142 valence electrons. The minimum atomic E-state index is -1.40. The molecule has 2 aromatic rings. The maximum absolute atomic E-state index is 12.5. The Balaban J connectivity index is 2.30. The number of benzene rings is 2. The number of nitro benzene ring substituents is 1. The van der Waals surface area contributed by atoms with Crippen LogP contribution in [0.15, 0.2) is 42.5 Å². The number of nitrogens with one attached hydrogen (secondary N) is 1. The van der Waals surface area contributed by atoms with Crippen LogP contribution < -0.4 is 19.9 Å². The molecule has 0 aliphatic rings. The second-order valence-corrected chi connectivity index (χ2v) is 5.52. The van der Waals surface area contributed by atoms with Crippen molar-refractivity contribution in [1.29, 1.82) is 0 Å². The SMILES string of the molecule is COc1ccc(C(=O)NC(CC(=O)[O-])c2cccc([N+](=O)[O-])c2)cc1OC. The number of carboxylic acid groups (broad SMARTS) is 1. The molecule has 1 unspecified atom stereocenters. The maximum Gasteiger partial charge on any atom is 0.269 e. The first kappa shape index (κ1) is 19.7. The average Bonchev–Trinajstić information content (AvgIpc) is 2.66. The lowest BCUT2D eigenvalue weighted by Gasteiger charge is -2.20. The number of nitro groups is 1. The normalized spacial score (nSPS) is 11.3. The molecule has 2 aromatic carbocycles. The third kappa shape index (κ3) is 4.94. The topological polar surface area (TPSA) is 131 Å². The summed E-state index contributed by atoms with van der Waals surface area (Å²) in [6, 6.07) is 8.86. The fourth-order valence-corrected chi connectivity index (χ4v) is 2.49. The van der Waals surface area contributed by atoms with E-state index >= 15 is 0 Å². The summed E-state index contributed by atoms with van der Waals surface area (Å²) in [7, 11) is 2.87. The lowest BCUT2D eigenvalue weighted by molar-refractivity contribution is -0.385. The predicted octanol–water partition coefficient (Wildman–Crippen LogP) is 1.22. The molecular formula is C18H17N2O7-. The second kappa shape index (κ2) is 8.65. The Bertz CT molecular complexity index is 867. The molecule has 2 rings (SSSR count). The molecule has 0 aliphatic carbocycles. The lowest BCUT2D eigenvalue weighted by Crippen LogP contribution is -2.34. The molecule has 0 heterocycles. The van der Waals surface area contributed by atoms with E-state index in [-0.39, 0.29) is 16.8 Å². The van der Waals surface area contributed by atoms with E-state index in [0.29, 0.717) is 11.5 Å². The smallest absolute Gasteiger partial charge is 0.269 e. The summed E-state index contributed by atoms with van der Waals surface area (Å²) in [6.45, 7) is 0. The number of methoxy groups -OCH3 is 2. The van der Waals surface area contributed by atoms with Crippen LogP contribution in [0.3, 0.4) is 0 Å². The summed E-state index contributed by atoms with van der Waals surface area (Å²) in [5.74, 6) is -1.22. The molecule has 0 saturated carbocycles. The number of aliphatic carboxylic acids is 1. The number of hydrogen-bond donors (Lipinski definition) is 1. The number of amides is 1. The summed E-state index contributed by atoms with van der Waals surface area (Å²) in [5.41, 5.74) is 0.278. The van der Waals surface area contributed by atoms with Gasteiger partial charge in [-0.25, -0.2) is 0 Å². The van der Waals surface area contributed by atoms with Crippen molar-refractivity contribution in [1.82, 2.24) is 5.32 Å². The van der Waals surface area contributed by atoms with Crippen molar-refractivity contribution in [3.63, 3.8) is 0 Å². The van der Waals surface area contributed by atoms with Crippen molar-refractivity contribution in [3.05, 3.63) is 63.7 Å². The number of rotatable bonds is 8. The maximum atomic E-state index is 12.5. The highest BCUT2D eigenvalue weighted by Gasteiger charge is 2.19. The largest absolute Gasteiger partial charge is 0.550 e. The number of carbonyl (C=O) groups excluding carboxylic acids is 2. The zero-order valence-corrected chi connectivity index (χ0v) is 14.6. The van der Waals surface area contributed by atoms with E-state index in [0.717, 1.165) is 0 Å². The van der Waals surface area contributed by atoms with E-state index < -0.39 is 29.3 Å². The molecule has 0 spiro atoms. The lowest BCUT2D eigenvalue weighted by atomic mass is 10.0. The van der Waals surface area contributed by atoms with Crippen LogP contribution in [0.5, 0.6) is 11.5 Å². The molecule has 1 amide bonds. The number of ether oxygens (including phenoxy) is 2. The van der Waals surface area contributed by atoms with E-state index in [2.05, 4.69) is 5.32 Å². The molecule has 1 N–H and O–H groups in total. The zero-order valence-electron chi connectivity index (χ0n) is 14.6. The highest BCUT2D eigenvalue weighted by Crippen LogP contribution is 2.28. The molecular weight excluding hydrogens is 356 g/mol. The molecule has 9 heteroatoms. The molecule has 27 heavy (non-hydrogen) atoms. The van der Waals surface area contributed by atoms with Gasteiger partial charge in [-0.05, 0) is 23.8 Å². The fourth-order valence-electron chi connectivity index (χ4n) is 2.49. The molecule has 9 nitrogen and oxygen atoms in total. The summed E-state index contributed by atoms with van der Waals surface area (Å²) >= 11 is 0. The third-order valence-corrected chi connectivity index (χ3v) is 3.81. The van der Waals surface area contributed by atoms with Crippen molar-refractivity contribution < 1.29 is 29.1 Å². The van der Waals surface area contributed by atoms with Gasteiger partial charge in [-0.3, -0.25) is 14.9 Å². The average molecular weight is 373 g/mol. The summed E-state index contributed by atoms with van der Waals surface area (Å²) < 4.78 is 10.2. The van der Waals surface area contributed by atoms with Gasteiger partial charge in [0, 0.05) is 30.1 Å². The number of hydrogen-bond acceptors (Lipinski definition) is 7. The van der Waals surface area contributed by atoms with E-state index in [1.807, 2.05) is 0 Å². The van der Waals surface area contributed by atoms with Crippen LogP contribution in [0.25, 0.3) is 0 Å². The standard InChI is InChI=1S/C18H18N2O7/c1-26-15-7-6-12(9-16(15)27-2)18(23)19-14(10-17(21)22)11-4-3-5-13(8-11)20(24)25/h3-9,14H,10H2,1-2H3,(H,19,23)(H,21,22)/p-1. The van der Waals surface area contributed by atoms with Crippen LogP contribution in [-0.4, -0.2) is 31.0 Å². The van der Waals surface area contributed by atoms with Gasteiger partial charge >= 0.3 is 0 Å².